The van der Waals surface area contributed by atoms with E-state index in [9.17, 15) is 8.42 Å². The minimum atomic E-state index is -3.95. The summed E-state index contributed by atoms with van der Waals surface area (Å²) >= 11 is 0. The largest absolute Gasteiger partial charge is 0.319 e. The highest BCUT2D eigenvalue weighted by Crippen LogP contribution is 2.09. The number of hydrogen-bond donors (Lipinski definition) is 1. The summed E-state index contributed by atoms with van der Waals surface area (Å²) in [6.07, 6.45) is 3.83. The van der Waals surface area contributed by atoms with Crippen molar-refractivity contribution in [2.75, 3.05) is 5.75 Å². The lowest BCUT2D eigenvalue weighted by molar-refractivity contribution is 0.477. The van der Waals surface area contributed by atoms with Gasteiger partial charge in [0, 0.05) is 26.0 Å². The van der Waals surface area contributed by atoms with Gasteiger partial charge in [0.05, 0.1) is 11.4 Å². The van der Waals surface area contributed by atoms with Crippen molar-refractivity contribution in [3.05, 3.63) is 48.3 Å². The zero-order valence-electron chi connectivity index (χ0n) is 12.1. The molecule has 0 saturated heterocycles. The highest BCUT2D eigenvalue weighted by molar-refractivity contribution is 7.85. The maximum atomic E-state index is 10.7. The lowest BCUT2D eigenvalue weighted by Crippen LogP contribution is -2.24. The summed E-state index contributed by atoms with van der Waals surface area (Å²) in [5.41, 5.74) is 1.23. The van der Waals surface area contributed by atoms with Gasteiger partial charge in [-0.2, -0.15) is 8.42 Å². The first kappa shape index (κ1) is 16.1. The molecule has 1 aromatic heterocycles. The molecule has 0 unspecified atom stereocenters. The Kier molecular flexibility index (Phi) is 5.23. The molecule has 1 aromatic carbocycles. The van der Waals surface area contributed by atoms with Gasteiger partial charge in [-0.3, -0.25) is 4.55 Å². The SMILES string of the molecule is Cn1ccn(CCCS(=O)(=O)O)/c1=N\N=Nc1ccccc1. The van der Waals surface area contributed by atoms with Crippen molar-refractivity contribution >= 4 is 15.8 Å². The van der Waals surface area contributed by atoms with Crippen molar-refractivity contribution in [2.45, 2.75) is 13.0 Å². The molecular weight excluding hydrogens is 306 g/mol. The zero-order chi connectivity index (χ0) is 16.0. The van der Waals surface area contributed by atoms with Crippen LogP contribution in [-0.2, 0) is 23.7 Å². The molecule has 0 aliphatic rings. The summed E-state index contributed by atoms with van der Waals surface area (Å²) in [6, 6.07) is 9.21. The van der Waals surface area contributed by atoms with E-state index >= 15 is 0 Å². The molecule has 0 spiro atoms. The molecule has 0 radical (unpaired) electrons. The molecule has 2 aromatic rings. The van der Waals surface area contributed by atoms with Gasteiger partial charge >= 0.3 is 0 Å². The standard InChI is InChI=1S/C13H17N5O3S/c1-17-9-10-18(8-5-11-22(19,20)21)13(17)15-16-14-12-6-3-2-4-7-12/h2-4,6-7,9-10H,5,8,11H2,1H3,(H,19,20,21)/b15-13-,16-14?. The first-order valence-corrected chi connectivity index (χ1v) is 8.23. The van der Waals surface area contributed by atoms with Crippen molar-refractivity contribution in [1.82, 2.24) is 9.13 Å². The van der Waals surface area contributed by atoms with Gasteiger partial charge < -0.3 is 9.13 Å². The number of benzene rings is 1. The van der Waals surface area contributed by atoms with Crippen LogP contribution in [0.3, 0.4) is 0 Å². The number of aromatic nitrogens is 2. The Bertz CT molecular complexity index is 806. The third-order valence-electron chi connectivity index (χ3n) is 2.89. The van der Waals surface area contributed by atoms with Crippen LogP contribution in [0.5, 0.6) is 0 Å². The summed E-state index contributed by atoms with van der Waals surface area (Å²) in [4.78, 5) is 0. The Morgan fingerprint density at radius 1 is 1.18 bits per heavy atom. The molecule has 0 amide bonds. The van der Waals surface area contributed by atoms with E-state index in [1.165, 1.54) is 0 Å². The fourth-order valence-corrected chi connectivity index (χ4v) is 2.34. The molecule has 9 heteroatoms. The lowest BCUT2D eigenvalue weighted by atomic mass is 10.3. The molecule has 0 fully saturated rings. The predicted octanol–water partition coefficient (Wildman–Crippen LogP) is 1.70. The number of rotatable bonds is 6. The van der Waals surface area contributed by atoms with Crippen LogP contribution in [0.2, 0.25) is 0 Å². The molecule has 1 N–H and O–H groups in total. The number of hydrogen-bond acceptors (Lipinski definition) is 4. The molecule has 8 nitrogen and oxygen atoms in total. The van der Waals surface area contributed by atoms with Crippen LogP contribution in [0.15, 0.2) is 58.2 Å². The van der Waals surface area contributed by atoms with E-state index in [2.05, 4.69) is 15.4 Å². The van der Waals surface area contributed by atoms with Gasteiger partial charge in [0.1, 0.15) is 0 Å². The van der Waals surface area contributed by atoms with E-state index in [-0.39, 0.29) is 12.2 Å². The first-order chi connectivity index (χ1) is 10.5. The molecule has 1 heterocycles. The van der Waals surface area contributed by atoms with E-state index in [0.717, 1.165) is 0 Å². The van der Waals surface area contributed by atoms with Gasteiger partial charge in [0.2, 0.25) is 5.62 Å². The van der Waals surface area contributed by atoms with Crippen LogP contribution in [-0.4, -0.2) is 27.9 Å². The molecule has 0 aliphatic carbocycles. The van der Waals surface area contributed by atoms with E-state index in [0.29, 0.717) is 17.9 Å². The van der Waals surface area contributed by atoms with Crippen LogP contribution < -0.4 is 5.62 Å². The van der Waals surface area contributed by atoms with Gasteiger partial charge in [-0.25, -0.2) is 0 Å². The maximum Gasteiger partial charge on any atom is 0.264 e. The molecule has 22 heavy (non-hydrogen) atoms. The Hall–Kier alpha value is -2.26. The van der Waals surface area contributed by atoms with Crippen molar-refractivity contribution < 1.29 is 13.0 Å². The minimum absolute atomic E-state index is 0.284. The first-order valence-electron chi connectivity index (χ1n) is 6.62. The molecular formula is C13H17N5O3S. The van der Waals surface area contributed by atoms with Gasteiger partial charge in [0.25, 0.3) is 10.1 Å². The topological polar surface area (TPSA) is 101 Å². The average molecular weight is 323 g/mol. The number of aryl methyl sites for hydroxylation is 2. The Labute approximate surface area is 128 Å². The summed E-state index contributed by atoms with van der Waals surface area (Å²) in [5, 5.41) is 11.8. The van der Waals surface area contributed by atoms with Crippen molar-refractivity contribution in [3.63, 3.8) is 0 Å². The second-order valence-corrected chi connectivity index (χ2v) is 6.24. The third-order valence-corrected chi connectivity index (χ3v) is 3.70. The highest BCUT2D eigenvalue weighted by Gasteiger charge is 2.05. The average Bonchev–Trinajstić information content (AvgIpc) is 2.80. The van der Waals surface area contributed by atoms with Gasteiger partial charge in [-0.15, -0.1) is 5.11 Å². The Balaban J connectivity index is 2.12. The van der Waals surface area contributed by atoms with E-state index in [1.54, 1.807) is 28.6 Å². The Morgan fingerprint density at radius 3 is 2.59 bits per heavy atom. The lowest BCUT2D eigenvalue weighted by Gasteiger charge is -2.01. The van der Waals surface area contributed by atoms with Crippen LogP contribution >= 0.6 is 0 Å². The smallest absolute Gasteiger partial charge is 0.264 e. The fourth-order valence-electron chi connectivity index (χ4n) is 1.84. The molecule has 118 valence electrons. The normalized spacial score (nSPS) is 13.1. The molecule has 0 bridgehead atoms. The zero-order valence-corrected chi connectivity index (χ0v) is 12.9. The minimum Gasteiger partial charge on any atom is -0.319 e. The summed E-state index contributed by atoms with van der Waals surface area (Å²) in [7, 11) is -2.14. The van der Waals surface area contributed by atoms with Crippen LogP contribution in [0.1, 0.15) is 6.42 Å². The monoisotopic (exact) mass is 323 g/mol. The van der Waals surface area contributed by atoms with Crippen LogP contribution in [0.4, 0.5) is 5.69 Å². The highest BCUT2D eigenvalue weighted by atomic mass is 32.2. The van der Waals surface area contributed by atoms with Gasteiger partial charge in [-0.05, 0) is 23.8 Å². The van der Waals surface area contributed by atoms with Crippen molar-refractivity contribution in [3.8, 4) is 0 Å². The predicted molar refractivity (Wildman–Crippen MR) is 81.0 cm³/mol. The van der Waals surface area contributed by atoms with Crippen LogP contribution in [0, 0.1) is 0 Å². The van der Waals surface area contributed by atoms with E-state index < -0.39 is 10.1 Å². The second-order valence-electron chi connectivity index (χ2n) is 4.67. The second kappa shape index (κ2) is 7.14. The quantitative estimate of drug-likeness (QED) is 0.497. The van der Waals surface area contributed by atoms with Gasteiger partial charge in [0.15, 0.2) is 0 Å². The van der Waals surface area contributed by atoms with Crippen molar-refractivity contribution in [1.29, 1.82) is 0 Å². The summed E-state index contributed by atoms with van der Waals surface area (Å²) in [6.45, 7) is 0.403. The summed E-state index contributed by atoms with van der Waals surface area (Å²) in [5.74, 6) is -0.292. The van der Waals surface area contributed by atoms with Crippen molar-refractivity contribution in [2.24, 2.45) is 22.5 Å². The maximum absolute atomic E-state index is 10.7. The fraction of sp³-hybridized carbons (Fsp3) is 0.308. The van der Waals surface area contributed by atoms with Crippen LogP contribution in [0.25, 0.3) is 0 Å². The molecule has 0 aliphatic heterocycles. The van der Waals surface area contributed by atoms with Gasteiger partial charge in [-0.1, -0.05) is 23.3 Å². The van der Waals surface area contributed by atoms with E-state index in [4.69, 9.17) is 4.55 Å². The third kappa shape index (κ3) is 4.93. The molecule has 0 saturated carbocycles. The summed E-state index contributed by atoms with van der Waals surface area (Å²) < 4.78 is 33.7. The molecule has 0 atom stereocenters. The molecule has 2 rings (SSSR count). The Morgan fingerprint density at radius 2 is 1.91 bits per heavy atom. The van der Waals surface area contributed by atoms with E-state index in [1.807, 2.05) is 30.3 Å². The number of nitrogens with zero attached hydrogens (tertiary/aromatic N) is 5. The number of imidazole rings is 1.